The molecule has 0 spiro atoms. The summed E-state index contributed by atoms with van der Waals surface area (Å²) in [5.74, 6) is 0.851. The minimum Gasteiger partial charge on any atom is -0.494 e. The Hall–Kier alpha value is -1.74. The van der Waals surface area contributed by atoms with Crippen LogP contribution in [0.2, 0.25) is 5.02 Å². The van der Waals surface area contributed by atoms with Crippen LogP contribution in [-0.4, -0.2) is 11.2 Å². The normalized spacial score (nSPS) is 10.4. The van der Waals surface area contributed by atoms with Crippen molar-refractivity contribution in [1.82, 2.24) is 4.57 Å². The number of pyridine rings is 1. The zero-order valence-electron chi connectivity index (χ0n) is 10.8. The zero-order valence-corrected chi connectivity index (χ0v) is 11.6. The second kappa shape index (κ2) is 6.43. The number of halogens is 1. The number of aromatic nitrogens is 1. The number of ether oxygens (including phenoxy) is 1. The van der Waals surface area contributed by atoms with Gasteiger partial charge in [-0.2, -0.15) is 0 Å². The molecule has 1 heterocycles. The van der Waals surface area contributed by atoms with Gasteiger partial charge in [0.2, 0.25) is 0 Å². The van der Waals surface area contributed by atoms with E-state index >= 15 is 0 Å². The lowest BCUT2D eigenvalue weighted by molar-refractivity contribution is 0.301. The molecule has 0 saturated heterocycles. The number of rotatable bonds is 5. The predicted octanol–water partition coefficient (Wildman–Crippen LogP) is 3.28. The Bertz CT molecular complexity index is 590. The second-order valence-corrected chi connectivity index (χ2v) is 4.83. The molecule has 2 aromatic rings. The molecule has 1 aromatic carbocycles. The molecule has 100 valence electrons. The summed E-state index contributed by atoms with van der Waals surface area (Å²) >= 11 is 5.85. The Morgan fingerprint density at radius 1 is 1.16 bits per heavy atom. The summed E-state index contributed by atoms with van der Waals surface area (Å²) in [7, 11) is 0. The van der Waals surface area contributed by atoms with Crippen molar-refractivity contribution >= 4 is 11.6 Å². The van der Waals surface area contributed by atoms with E-state index in [-0.39, 0.29) is 5.56 Å². The van der Waals surface area contributed by atoms with Gasteiger partial charge in [0, 0.05) is 18.8 Å². The summed E-state index contributed by atoms with van der Waals surface area (Å²) in [4.78, 5) is 11.5. The van der Waals surface area contributed by atoms with Gasteiger partial charge in [-0.3, -0.25) is 4.79 Å². The summed E-state index contributed by atoms with van der Waals surface area (Å²) in [6.07, 6.45) is 2.41. The maximum absolute atomic E-state index is 11.5. The Labute approximate surface area is 117 Å². The molecule has 3 nitrogen and oxygen atoms in total. The standard InChI is InChI=1S/C15H16ClNO2/c1-12-3-6-14(7-4-12)19-10-2-9-17-11-13(16)5-8-15(17)18/h3-8,11H,2,9-10H2,1H3. The van der Waals surface area contributed by atoms with Crippen LogP contribution in [0.1, 0.15) is 12.0 Å². The molecule has 19 heavy (non-hydrogen) atoms. The molecule has 1 aromatic heterocycles. The van der Waals surface area contributed by atoms with E-state index < -0.39 is 0 Å². The fraction of sp³-hybridized carbons (Fsp3) is 0.267. The molecule has 0 bridgehead atoms. The van der Waals surface area contributed by atoms with E-state index in [2.05, 4.69) is 0 Å². The first-order chi connectivity index (χ1) is 9.15. The Kier molecular flexibility index (Phi) is 4.63. The van der Waals surface area contributed by atoms with Gasteiger partial charge in [0.15, 0.2) is 0 Å². The fourth-order valence-corrected chi connectivity index (χ4v) is 1.92. The monoisotopic (exact) mass is 277 g/mol. The molecule has 0 aliphatic heterocycles. The van der Waals surface area contributed by atoms with Crippen LogP contribution >= 0.6 is 11.6 Å². The predicted molar refractivity (Wildman–Crippen MR) is 77.0 cm³/mol. The maximum atomic E-state index is 11.5. The Morgan fingerprint density at radius 2 is 1.89 bits per heavy atom. The third-order valence-electron chi connectivity index (χ3n) is 2.78. The first-order valence-electron chi connectivity index (χ1n) is 6.20. The van der Waals surface area contributed by atoms with Gasteiger partial charge in [0.1, 0.15) is 5.75 Å². The summed E-state index contributed by atoms with van der Waals surface area (Å²) in [5, 5.41) is 0.569. The van der Waals surface area contributed by atoms with Crippen molar-refractivity contribution in [1.29, 1.82) is 0 Å². The number of hydrogen-bond acceptors (Lipinski definition) is 2. The molecule has 0 unspecified atom stereocenters. The van der Waals surface area contributed by atoms with Crippen molar-refractivity contribution in [2.45, 2.75) is 19.9 Å². The summed E-state index contributed by atoms with van der Waals surface area (Å²) in [6, 6.07) is 11.0. The van der Waals surface area contributed by atoms with Gasteiger partial charge in [-0.15, -0.1) is 0 Å². The first kappa shape index (κ1) is 13.7. The highest BCUT2D eigenvalue weighted by molar-refractivity contribution is 6.30. The second-order valence-electron chi connectivity index (χ2n) is 4.39. The average molecular weight is 278 g/mol. The van der Waals surface area contributed by atoms with Gasteiger partial charge < -0.3 is 9.30 Å². The van der Waals surface area contributed by atoms with Crippen LogP contribution in [0.25, 0.3) is 0 Å². The van der Waals surface area contributed by atoms with Gasteiger partial charge in [-0.1, -0.05) is 29.3 Å². The van der Waals surface area contributed by atoms with Crippen molar-refractivity contribution < 1.29 is 4.74 Å². The van der Waals surface area contributed by atoms with Gasteiger partial charge in [0.05, 0.1) is 11.6 Å². The van der Waals surface area contributed by atoms with E-state index in [4.69, 9.17) is 16.3 Å². The summed E-state index contributed by atoms with van der Waals surface area (Å²) in [6.45, 7) is 3.21. The number of nitrogens with zero attached hydrogens (tertiary/aromatic N) is 1. The topological polar surface area (TPSA) is 31.2 Å². The van der Waals surface area contributed by atoms with E-state index in [1.165, 1.54) is 11.6 Å². The van der Waals surface area contributed by atoms with Crippen molar-refractivity contribution in [2.75, 3.05) is 6.61 Å². The van der Waals surface area contributed by atoms with Gasteiger partial charge in [-0.25, -0.2) is 0 Å². The van der Waals surface area contributed by atoms with E-state index in [1.54, 1.807) is 16.8 Å². The zero-order chi connectivity index (χ0) is 13.7. The van der Waals surface area contributed by atoms with E-state index in [0.29, 0.717) is 18.2 Å². The minimum absolute atomic E-state index is 0.0419. The quantitative estimate of drug-likeness (QED) is 0.786. The highest BCUT2D eigenvalue weighted by Crippen LogP contribution is 2.11. The molecule has 2 rings (SSSR count). The lowest BCUT2D eigenvalue weighted by Gasteiger charge is -2.08. The van der Waals surface area contributed by atoms with Crippen molar-refractivity contribution in [3.63, 3.8) is 0 Å². The SMILES string of the molecule is Cc1ccc(OCCCn2cc(Cl)ccc2=O)cc1. The van der Waals surface area contributed by atoms with Crippen molar-refractivity contribution in [3.05, 3.63) is 63.5 Å². The molecule has 0 atom stereocenters. The number of hydrogen-bond donors (Lipinski definition) is 0. The van der Waals surface area contributed by atoms with Gasteiger partial charge >= 0.3 is 0 Å². The van der Waals surface area contributed by atoms with Gasteiger partial charge in [-0.05, 0) is 31.5 Å². The first-order valence-corrected chi connectivity index (χ1v) is 6.58. The van der Waals surface area contributed by atoms with E-state index in [0.717, 1.165) is 12.2 Å². The summed E-state index contributed by atoms with van der Waals surface area (Å²) < 4.78 is 7.20. The molecular weight excluding hydrogens is 262 g/mol. The lowest BCUT2D eigenvalue weighted by atomic mass is 10.2. The number of benzene rings is 1. The fourth-order valence-electron chi connectivity index (χ4n) is 1.74. The molecule has 0 radical (unpaired) electrons. The van der Waals surface area contributed by atoms with Gasteiger partial charge in [0.25, 0.3) is 5.56 Å². The highest BCUT2D eigenvalue weighted by Gasteiger charge is 1.98. The van der Waals surface area contributed by atoms with E-state index in [1.807, 2.05) is 31.2 Å². The van der Waals surface area contributed by atoms with Crippen LogP contribution in [0.4, 0.5) is 0 Å². The smallest absolute Gasteiger partial charge is 0.250 e. The van der Waals surface area contributed by atoms with Crippen LogP contribution in [0.5, 0.6) is 5.75 Å². The Morgan fingerprint density at radius 3 is 2.63 bits per heavy atom. The van der Waals surface area contributed by atoms with Crippen LogP contribution < -0.4 is 10.3 Å². The summed E-state index contributed by atoms with van der Waals surface area (Å²) in [5.41, 5.74) is 1.16. The molecule has 0 amide bonds. The van der Waals surface area contributed by atoms with Crippen LogP contribution in [-0.2, 0) is 6.54 Å². The minimum atomic E-state index is -0.0419. The molecule has 0 aliphatic rings. The molecule has 0 N–H and O–H groups in total. The molecule has 4 heteroatoms. The largest absolute Gasteiger partial charge is 0.494 e. The Balaban J connectivity index is 1.82. The molecule has 0 aliphatic carbocycles. The van der Waals surface area contributed by atoms with Crippen molar-refractivity contribution in [2.24, 2.45) is 0 Å². The van der Waals surface area contributed by atoms with Crippen molar-refractivity contribution in [3.8, 4) is 5.75 Å². The maximum Gasteiger partial charge on any atom is 0.250 e. The highest BCUT2D eigenvalue weighted by atomic mass is 35.5. The lowest BCUT2D eigenvalue weighted by Crippen LogP contribution is -2.19. The van der Waals surface area contributed by atoms with Crippen LogP contribution in [0.3, 0.4) is 0 Å². The number of aryl methyl sites for hydroxylation is 2. The van der Waals surface area contributed by atoms with Crippen LogP contribution in [0.15, 0.2) is 47.4 Å². The average Bonchev–Trinajstić information content (AvgIpc) is 2.40. The third-order valence-corrected chi connectivity index (χ3v) is 3.00. The molecular formula is C15H16ClNO2. The van der Waals surface area contributed by atoms with Crippen LogP contribution in [0, 0.1) is 6.92 Å². The molecule has 0 saturated carbocycles. The third kappa shape index (κ3) is 4.14. The molecule has 0 fully saturated rings. The van der Waals surface area contributed by atoms with E-state index in [9.17, 15) is 4.79 Å².